The Hall–Kier alpha value is -4.50. The number of ether oxygens (including phenoxy) is 1. The number of hydrogen-bond donors (Lipinski definition) is 2. The number of hydrogen-bond acceptors (Lipinski definition) is 12. The number of nitrogens with zero attached hydrogens (tertiary/aromatic N) is 3. The van der Waals surface area contributed by atoms with Gasteiger partial charge in [-0.15, -0.1) is 11.8 Å². The molecule has 0 spiro atoms. The standard InChI is InChI=1S/C50H64F5N5O7S3/c1-35(11-18-45(51)52)42-32-48(2,3)21-19-37(42)33-59-27-29-60(30-28-59)39-14-12-36(13-15-39)46(61)57-70(65,66)41-16-17-43(44(31-41)69(63,64)50(53,54)55)56-38(34-68-40-9-7-6-8-10-40)20-24-58-25-22-49(4,23-26-58)47(62)67-5/h6-10,12-17,31,38,45,56H,1,11,18-30,32-34H2,2-5H3,(H,57,61)/t38-/m1/s1. The Morgan fingerprint density at radius 1 is 0.857 bits per heavy atom. The Bertz CT molecular complexity index is 2580. The Morgan fingerprint density at radius 3 is 2.13 bits per heavy atom. The van der Waals surface area contributed by atoms with Gasteiger partial charge < -0.3 is 19.9 Å². The van der Waals surface area contributed by atoms with E-state index in [1.165, 1.54) is 36.6 Å². The molecular weight excluding hydrogens is 974 g/mol. The maximum absolute atomic E-state index is 14.3. The van der Waals surface area contributed by atoms with Gasteiger partial charge in [-0.1, -0.05) is 49.8 Å². The fourth-order valence-electron chi connectivity index (χ4n) is 9.14. The SMILES string of the molecule is C=C(CCC(F)F)C1=C(CN2CCN(c3ccc(C(=O)NS(=O)(=O)c4ccc(N[C@H](CCN5CCC(C)(C(=O)OC)CC5)CSc5ccccc5)c(S(=O)(=O)C(F)(F)F)c4)cc3)CC2)CCC(C)(C)C1. The summed E-state index contributed by atoms with van der Waals surface area (Å²) in [6.45, 7) is 15.4. The fourth-order valence-corrected chi connectivity index (χ4v) is 12.2. The molecule has 1 aliphatic carbocycles. The number of likely N-dealkylation sites (tertiary alicyclic amines) is 1. The molecule has 384 valence electrons. The summed E-state index contributed by atoms with van der Waals surface area (Å²) >= 11 is 1.41. The van der Waals surface area contributed by atoms with Gasteiger partial charge in [-0.25, -0.2) is 30.3 Å². The maximum atomic E-state index is 14.3. The lowest BCUT2D eigenvalue weighted by Crippen LogP contribution is -2.47. The van der Waals surface area contributed by atoms with E-state index in [0.717, 1.165) is 72.8 Å². The summed E-state index contributed by atoms with van der Waals surface area (Å²) in [4.78, 5) is 31.0. The van der Waals surface area contributed by atoms with E-state index >= 15 is 0 Å². The molecule has 2 N–H and O–H groups in total. The quantitative estimate of drug-likeness (QED) is 0.0632. The van der Waals surface area contributed by atoms with Crippen LogP contribution in [0.25, 0.3) is 0 Å². The Balaban J connectivity index is 1.12. The van der Waals surface area contributed by atoms with Crippen molar-refractivity contribution in [3.63, 3.8) is 0 Å². The molecule has 1 atom stereocenters. The van der Waals surface area contributed by atoms with Gasteiger partial charge >= 0.3 is 11.5 Å². The van der Waals surface area contributed by atoms with Gasteiger partial charge in [0, 0.05) is 73.6 Å². The molecule has 2 aliphatic heterocycles. The van der Waals surface area contributed by atoms with Gasteiger partial charge in [0.15, 0.2) is 0 Å². The van der Waals surface area contributed by atoms with Crippen LogP contribution in [0.3, 0.4) is 0 Å². The number of rotatable bonds is 20. The third kappa shape index (κ3) is 14.1. The molecular formula is C50H64F5N5O7S3. The second kappa shape index (κ2) is 22.9. The molecule has 0 saturated carbocycles. The maximum Gasteiger partial charge on any atom is 0.501 e. The van der Waals surface area contributed by atoms with Gasteiger partial charge in [0.25, 0.3) is 25.8 Å². The number of nitrogens with one attached hydrogen (secondary N) is 2. The highest BCUT2D eigenvalue weighted by Gasteiger charge is 2.49. The van der Waals surface area contributed by atoms with Crippen LogP contribution < -0.4 is 14.9 Å². The number of carbonyl (C=O) groups is 2. The van der Waals surface area contributed by atoms with Crippen molar-refractivity contribution < 1.29 is 53.1 Å². The van der Waals surface area contributed by atoms with E-state index in [-0.39, 0.29) is 29.8 Å². The van der Waals surface area contributed by atoms with Gasteiger partial charge in [-0.05, 0) is 131 Å². The first-order valence-corrected chi connectivity index (χ1v) is 27.4. The monoisotopic (exact) mass is 1040 g/mol. The molecule has 0 radical (unpaired) electrons. The first-order chi connectivity index (χ1) is 32.9. The molecule has 6 rings (SSSR count). The number of amides is 1. The lowest BCUT2D eigenvalue weighted by atomic mass is 9.72. The minimum Gasteiger partial charge on any atom is -0.469 e. The number of methoxy groups -OCH3 is 1. The van der Waals surface area contributed by atoms with Crippen LogP contribution >= 0.6 is 11.8 Å². The minimum atomic E-state index is -6.12. The molecule has 20 heteroatoms. The van der Waals surface area contributed by atoms with Crippen molar-refractivity contribution in [3.8, 4) is 0 Å². The van der Waals surface area contributed by atoms with Crippen molar-refractivity contribution in [3.05, 3.63) is 102 Å². The van der Waals surface area contributed by atoms with Crippen LogP contribution in [0.5, 0.6) is 0 Å². The zero-order chi connectivity index (χ0) is 51.1. The number of alkyl halides is 5. The van der Waals surface area contributed by atoms with E-state index in [0.29, 0.717) is 63.8 Å². The average Bonchev–Trinajstić information content (AvgIpc) is 3.32. The largest absolute Gasteiger partial charge is 0.501 e. The van der Waals surface area contributed by atoms with E-state index in [4.69, 9.17) is 4.74 Å². The van der Waals surface area contributed by atoms with E-state index in [1.54, 1.807) is 12.1 Å². The molecule has 2 saturated heterocycles. The number of benzene rings is 3. The third-order valence-corrected chi connectivity index (χ3v) is 17.7. The minimum absolute atomic E-state index is 0.0541. The molecule has 70 heavy (non-hydrogen) atoms. The molecule has 0 unspecified atom stereocenters. The number of allylic oxidation sites excluding steroid dienone is 2. The van der Waals surface area contributed by atoms with Crippen molar-refractivity contribution in [1.29, 1.82) is 0 Å². The zero-order valence-electron chi connectivity index (χ0n) is 40.1. The molecule has 3 aromatic carbocycles. The Labute approximate surface area is 413 Å². The van der Waals surface area contributed by atoms with Crippen LogP contribution in [0.15, 0.2) is 111 Å². The van der Waals surface area contributed by atoms with Crippen LogP contribution in [0, 0.1) is 10.8 Å². The molecule has 2 heterocycles. The summed E-state index contributed by atoms with van der Waals surface area (Å²) in [7, 11) is -9.68. The number of piperazine rings is 1. The topological polar surface area (TPSA) is 145 Å². The number of anilines is 2. The van der Waals surface area contributed by atoms with Crippen LogP contribution in [0.4, 0.5) is 33.3 Å². The van der Waals surface area contributed by atoms with Crippen molar-refractivity contribution in [2.75, 3.05) is 75.4 Å². The van der Waals surface area contributed by atoms with Crippen molar-refractivity contribution in [2.24, 2.45) is 10.8 Å². The summed E-state index contributed by atoms with van der Waals surface area (Å²) in [5.74, 6) is -1.07. The van der Waals surface area contributed by atoms with Crippen LogP contribution in [0.2, 0.25) is 0 Å². The summed E-state index contributed by atoms with van der Waals surface area (Å²) < 4.78 is 129. The van der Waals surface area contributed by atoms with Gasteiger partial charge in [-0.3, -0.25) is 14.5 Å². The molecule has 1 amide bonds. The number of carbonyl (C=O) groups excluding carboxylic acids is 2. The molecule has 3 aliphatic rings. The first-order valence-electron chi connectivity index (χ1n) is 23.4. The van der Waals surface area contributed by atoms with Crippen LogP contribution in [-0.2, 0) is 29.4 Å². The summed E-state index contributed by atoms with van der Waals surface area (Å²) in [5.41, 5.74) is -2.95. The van der Waals surface area contributed by atoms with E-state index in [9.17, 15) is 48.4 Å². The lowest BCUT2D eigenvalue weighted by molar-refractivity contribution is -0.154. The van der Waals surface area contributed by atoms with Gasteiger partial charge in [0.05, 0.1) is 23.1 Å². The number of esters is 1. The van der Waals surface area contributed by atoms with Crippen molar-refractivity contribution in [2.45, 2.75) is 105 Å². The zero-order valence-corrected chi connectivity index (χ0v) is 42.6. The summed E-state index contributed by atoms with van der Waals surface area (Å²) in [6, 6.07) is 17.2. The highest BCUT2D eigenvalue weighted by molar-refractivity contribution is 7.99. The second-order valence-corrected chi connectivity index (χ2v) is 24.1. The van der Waals surface area contributed by atoms with Crippen LogP contribution in [-0.4, -0.2) is 122 Å². The fraction of sp³-hybridized carbons (Fsp3) is 0.520. The number of thioether (sulfide) groups is 1. The molecule has 12 nitrogen and oxygen atoms in total. The normalized spacial score (nSPS) is 18.6. The number of halogens is 5. The summed E-state index contributed by atoms with van der Waals surface area (Å²) in [5, 5.41) is 2.98. The average molecular weight is 1040 g/mol. The number of piperidine rings is 1. The molecule has 0 aromatic heterocycles. The van der Waals surface area contributed by atoms with Gasteiger partial charge in [-0.2, -0.15) is 13.2 Å². The molecule has 0 bridgehead atoms. The second-order valence-electron chi connectivity index (χ2n) is 19.5. The van der Waals surface area contributed by atoms with Crippen molar-refractivity contribution in [1.82, 2.24) is 14.5 Å². The van der Waals surface area contributed by atoms with Crippen molar-refractivity contribution >= 4 is 54.9 Å². The van der Waals surface area contributed by atoms with Gasteiger partial charge in [0.2, 0.25) is 6.43 Å². The number of sulfonamides is 1. The lowest BCUT2D eigenvalue weighted by Gasteiger charge is -2.39. The van der Waals surface area contributed by atoms with E-state index in [2.05, 4.69) is 40.4 Å². The highest BCUT2D eigenvalue weighted by atomic mass is 32.2. The van der Waals surface area contributed by atoms with E-state index < -0.39 is 64.6 Å². The molecule has 3 aromatic rings. The predicted octanol–water partition coefficient (Wildman–Crippen LogP) is 9.57. The smallest absolute Gasteiger partial charge is 0.469 e. The highest BCUT2D eigenvalue weighted by Crippen LogP contribution is 2.43. The first kappa shape index (κ1) is 54.8. The predicted molar refractivity (Wildman–Crippen MR) is 263 cm³/mol. The van der Waals surface area contributed by atoms with E-state index in [1.807, 2.05) is 42.0 Å². The van der Waals surface area contributed by atoms with Crippen LogP contribution in [0.1, 0.15) is 82.5 Å². The number of sulfone groups is 1. The third-order valence-electron chi connectivity index (χ3n) is 13.6. The Morgan fingerprint density at radius 2 is 1.51 bits per heavy atom. The summed E-state index contributed by atoms with van der Waals surface area (Å²) in [6.07, 6.45) is 1.78. The molecule has 2 fully saturated rings. The van der Waals surface area contributed by atoms with Gasteiger partial charge in [0.1, 0.15) is 4.90 Å². The Kier molecular flexibility index (Phi) is 18.0.